The Morgan fingerprint density at radius 3 is 2.70 bits per heavy atom. The van der Waals surface area contributed by atoms with Crippen LogP contribution in [0, 0.1) is 0 Å². The van der Waals surface area contributed by atoms with Crippen LogP contribution in [0.15, 0.2) is 17.5 Å². The second kappa shape index (κ2) is 8.42. The first-order valence-corrected chi connectivity index (χ1v) is 8.73. The average molecular weight is 294 g/mol. The van der Waals surface area contributed by atoms with Gasteiger partial charge in [-0.2, -0.15) is 0 Å². The molecule has 1 amide bonds. The van der Waals surface area contributed by atoms with Crippen LogP contribution in [0.1, 0.15) is 56.4 Å². The Hall–Kier alpha value is -0.870. The lowest BCUT2D eigenvalue weighted by atomic mass is 10.2. The summed E-state index contributed by atoms with van der Waals surface area (Å²) in [5.74, 6) is 0.184. The van der Waals surface area contributed by atoms with Gasteiger partial charge in [-0.1, -0.05) is 25.8 Å². The Morgan fingerprint density at radius 2 is 2.10 bits per heavy atom. The van der Waals surface area contributed by atoms with Crippen LogP contribution in [0.2, 0.25) is 0 Å². The van der Waals surface area contributed by atoms with Crippen molar-refractivity contribution >= 4 is 17.2 Å². The highest BCUT2D eigenvalue weighted by atomic mass is 32.1. The van der Waals surface area contributed by atoms with Gasteiger partial charge in [-0.25, -0.2) is 0 Å². The van der Waals surface area contributed by atoms with Gasteiger partial charge in [-0.15, -0.1) is 11.3 Å². The van der Waals surface area contributed by atoms with Gasteiger partial charge >= 0.3 is 0 Å². The molecular weight excluding hydrogens is 268 g/mol. The Morgan fingerprint density at radius 1 is 1.35 bits per heavy atom. The van der Waals surface area contributed by atoms with E-state index in [1.165, 1.54) is 30.6 Å². The predicted molar refractivity (Wildman–Crippen MR) is 85.0 cm³/mol. The first kappa shape index (κ1) is 15.5. The van der Waals surface area contributed by atoms with Crippen molar-refractivity contribution in [2.24, 2.45) is 0 Å². The quantitative estimate of drug-likeness (QED) is 0.869. The lowest BCUT2D eigenvalue weighted by Crippen LogP contribution is -2.38. The molecule has 2 heterocycles. The molecule has 112 valence electrons. The van der Waals surface area contributed by atoms with Crippen molar-refractivity contribution in [3.63, 3.8) is 0 Å². The molecule has 1 fully saturated rings. The molecule has 0 aliphatic carbocycles. The number of hydrogen-bond donors (Lipinski definition) is 1. The maximum atomic E-state index is 11.7. The number of likely N-dealkylation sites (tertiary alicyclic amines) is 1. The van der Waals surface area contributed by atoms with Crippen LogP contribution < -0.4 is 5.32 Å². The third-order valence-electron chi connectivity index (χ3n) is 3.92. The van der Waals surface area contributed by atoms with Crippen molar-refractivity contribution in [2.75, 3.05) is 19.6 Å². The molecular formula is C16H26N2OS. The number of hydrogen-bond acceptors (Lipinski definition) is 3. The van der Waals surface area contributed by atoms with E-state index >= 15 is 0 Å². The fourth-order valence-electron chi connectivity index (χ4n) is 2.82. The summed E-state index contributed by atoms with van der Waals surface area (Å²) >= 11 is 1.80. The molecule has 0 unspecified atom stereocenters. The van der Waals surface area contributed by atoms with E-state index in [2.05, 4.69) is 27.7 Å². The van der Waals surface area contributed by atoms with Gasteiger partial charge in [0.1, 0.15) is 0 Å². The highest BCUT2D eigenvalue weighted by molar-refractivity contribution is 7.10. The van der Waals surface area contributed by atoms with Gasteiger partial charge in [0.25, 0.3) is 0 Å². The van der Waals surface area contributed by atoms with Gasteiger partial charge in [0.05, 0.1) is 6.04 Å². The maximum absolute atomic E-state index is 11.7. The summed E-state index contributed by atoms with van der Waals surface area (Å²) in [6.45, 7) is 5.11. The van der Waals surface area contributed by atoms with Crippen molar-refractivity contribution < 1.29 is 4.79 Å². The zero-order valence-corrected chi connectivity index (χ0v) is 13.3. The highest BCUT2D eigenvalue weighted by Gasteiger charge is 2.22. The van der Waals surface area contributed by atoms with Crippen LogP contribution in [-0.4, -0.2) is 30.4 Å². The van der Waals surface area contributed by atoms with Gasteiger partial charge in [-0.05, 0) is 43.8 Å². The zero-order chi connectivity index (χ0) is 14.2. The number of nitrogens with one attached hydrogen (secondary N) is 1. The zero-order valence-electron chi connectivity index (χ0n) is 12.4. The summed E-state index contributed by atoms with van der Waals surface area (Å²) < 4.78 is 0. The second-order valence-corrected chi connectivity index (χ2v) is 6.51. The molecule has 1 N–H and O–H groups in total. The molecule has 0 radical (unpaired) electrons. The summed E-state index contributed by atoms with van der Waals surface area (Å²) in [6, 6.07) is 4.67. The topological polar surface area (TPSA) is 32.3 Å². The number of amides is 1. The van der Waals surface area contributed by atoms with Crippen molar-refractivity contribution in [1.82, 2.24) is 10.2 Å². The van der Waals surface area contributed by atoms with Gasteiger partial charge in [0.15, 0.2) is 0 Å². The molecule has 1 aliphatic rings. The molecule has 1 aromatic heterocycles. The van der Waals surface area contributed by atoms with E-state index in [1.54, 1.807) is 11.3 Å². The van der Waals surface area contributed by atoms with Crippen LogP contribution in [0.5, 0.6) is 0 Å². The van der Waals surface area contributed by atoms with E-state index in [-0.39, 0.29) is 5.91 Å². The molecule has 2 rings (SSSR count). The minimum absolute atomic E-state index is 0.184. The van der Waals surface area contributed by atoms with E-state index in [1.807, 2.05) is 6.92 Å². The smallest absolute Gasteiger partial charge is 0.220 e. The fraction of sp³-hybridized carbons (Fsp3) is 0.688. The molecule has 0 saturated carbocycles. The number of nitrogens with zero attached hydrogens (tertiary/aromatic N) is 1. The van der Waals surface area contributed by atoms with Crippen LogP contribution in [-0.2, 0) is 4.79 Å². The molecule has 1 aliphatic heterocycles. The normalized spacial score (nSPS) is 18.4. The minimum Gasteiger partial charge on any atom is -0.354 e. The average Bonchev–Trinajstić information content (AvgIpc) is 2.83. The number of thiophene rings is 1. The maximum Gasteiger partial charge on any atom is 0.220 e. The van der Waals surface area contributed by atoms with Crippen LogP contribution in [0.4, 0.5) is 0 Å². The fourth-order valence-corrected chi connectivity index (χ4v) is 3.68. The van der Waals surface area contributed by atoms with Crippen LogP contribution >= 0.6 is 11.3 Å². The van der Waals surface area contributed by atoms with E-state index in [0.29, 0.717) is 12.5 Å². The standard InChI is InChI=1S/C16H26N2OS/c1-2-8-16(19)17-13-14(15-9-7-12-20-15)18-10-5-3-4-6-11-18/h7,9,12,14H,2-6,8,10-11,13H2,1H3,(H,17,19)/t14-/m1/s1. The Kier molecular flexibility index (Phi) is 6.54. The van der Waals surface area contributed by atoms with E-state index < -0.39 is 0 Å². The number of carbonyl (C=O) groups excluding carboxylic acids is 1. The minimum atomic E-state index is 0.184. The Labute approximate surface area is 126 Å². The summed E-state index contributed by atoms with van der Waals surface area (Å²) in [4.78, 5) is 15.7. The van der Waals surface area contributed by atoms with Gasteiger partial charge in [-0.3, -0.25) is 9.69 Å². The first-order valence-electron chi connectivity index (χ1n) is 7.85. The van der Waals surface area contributed by atoms with Crippen molar-refractivity contribution in [3.05, 3.63) is 22.4 Å². The molecule has 0 spiro atoms. The van der Waals surface area contributed by atoms with E-state index in [4.69, 9.17) is 0 Å². The van der Waals surface area contributed by atoms with Crippen LogP contribution in [0.3, 0.4) is 0 Å². The summed E-state index contributed by atoms with van der Waals surface area (Å²) in [5, 5.41) is 5.25. The summed E-state index contributed by atoms with van der Waals surface area (Å²) in [5.41, 5.74) is 0. The first-order chi connectivity index (χ1) is 9.81. The van der Waals surface area contributed by atoms with Crippen molar-refractivity contribution in [2.45, 2.75) is 51.5 Å². The largest absolute Gasteiger partial charge is 0.354 e. The predicted octanol–water partition coefficient (Wildman–Crippen LogP) is 3.58. The number of carbonyl (C=O) groups is 1. The Balaban J connectivity index is 1.98. The molecule has 0 bridgehead atoms. The molecule has 0 aromatic carbocycles. The van der Waals surface area contributed by atoms with E-state index in [9.17, 15) is 4.79 Å². The molecule has 1 saturated heterocycles. The van der Waals surface area contributed by atoms with Crippen LogP contribution in [0.25, 0.3) is 0 Å². The number of rotatable bonds is 6. The van der Waals surface area contributed by atoms with Gasteiger partial charge in [0.2, 0.25) is 5.91 Å². The van der Waals surface area contributed by atoms with E-state index in [0.717, 1.165) is 26.1 Å². The molecule has 3 nitrogen and oxygen atoms in total. The summed E-state index contributed by atoms with van der Waals surface area (Å²) in [6.07, 6.45) is 6.80. The molecule has 4 heteroatoms. The molecule has 1 aromatic rings. The lowest BCUT2D eigenvalue weighted by molar-refractivity contribution is -0.121. The van der Waals surface area contributed by atoms with Gasteiger partial charge < -0.3 is 5.32 Å². The Bertz CT molecular complexity index is 383. The monoisotopic (exact) mass is 294 g/mol. The lowest BCUT2D eigenvalue weighted by Gasteiger charge is -2.30. The SMILES string of the molecule is CCCC(=O)NC[C@H](c1cccs1)N1CCCCCC1. The summed E-state index contributed by atoms with van der Waals surface area (Å²) in [7, 11) is 0. The van der Waals surface area contributed by atoms with Crippen molar-refractivity contribution in [1.29, 1.82) is 0 Å². The third-order valence-corrected chi connectivity index (χ3v) is 4.90. The highest BCUT2D eigenvalue weighted by Crippen LogP contribution is 2.27. The molecule has 20 heavy (non-hydrogen) atoms. The second-order valence-electron chi connectivity index (χ2n) is 5.54. The molecule has 1 atom stereocenters. The van der Waals surface area contributed by atoms with Gasteiger partial charge in [0, 0.05) is 17.8 Å². The van der Waals surface area contributed by atoms with Crippen molar-refractivity contribution in [3.8, 4) is 0 Å². The third kappa shape index (κ3) is 4.60.